The number of nitrogens with two attached hydrogens (primary N) is 1. The van der Waals surface area contributed by atoms with Crippen LogP contribution in [0.5, 0.6) is 0 Å². The minimum Gasteiger partial charge on any atom is -0.398 e. The van der Waals surface area contributed by atoms with Gasteiger partial charge < -0.3 is 11.1 Å². The lowest BCUT2D eigenvalue weighted by Gasteiger charge is -2.10. The van der Waals surface area contributed by atoms with Gasteiger partial charge in [-0.2, -0.15) is 0 Å². The molecule has 0 aromatic heterocycles. The van der Waals surface area contributed by atoms with Crippen LogP contribution in [0.15, 0.2) is 40.9 Å². The molecule has 2 rings (SSSR count). The summed E-state index contributed by atoms with van der Waals surface area (Å²) in [5.74, 6) is -0.263. The number of rotatable bonds is 2. The molecule has 3 nitrogen and oxygen atoms in total. The van der Waals surface area contributed by atoms with Crippen molar-refractivity contribution in [1.29, 1.82) is 0 Å². The molecule has 0 unspecified atom stereocenters. The average Bonchev–Trinajstić information content (AvgIpc) is 2.33. The number of amides is 1. The van der Waals surface area contributed by atoms with Crippen molar-refractivity contribution < 1.29 is 4.79 Å². The number of benzene rings is 2. The fourth-order valence-electron chi connectivity index (χ4n) is 1.67. The molecule has 1 amide bonds. The molecule has 2 aromatic rings. The molecule has 0 aliphatic rings. The topological polar surface area (TPSA) is 55.1 Å². The zero-order valence-corrected chi connectivity index (χ0v) is 12.5. The highest BCUT2D eigenvalue weighted by molar-refractivity contribution is 9.10. The molecule has 0 atom stereocenters. The molecule has 0 fully saturated rings. The van der Waals surface area contributed by atoms with Gasteiger partial charge in [-0.05, 0) is 58.7 Å². The van der Waals surface area contributed by atoms with Crippen LogP contribution in [-0.2, 0) is 0 Å². The van der Waals surface area contributed by atoms with Crippen molar-refractivity contribution >= 4 is 44.8 Å². The van der Waals surface area contributed by atoms with E-state index in [1.54, 1.807) is 30.3 Å². The number of carbonyl (C=O) groups excluding carboxylic acids is 1. The molecule has 0 radical (unpaired) electrons. The van der Waals surface area contributed by atoms with Crippen LogP contribution < -0.4 is 11.1 Å². The van der Waals surface area contributed by atoms with Crippen molar-refractivity contribution in [3.8, 4) is 0 Å². The molecule has 2 aromatic carbocycles. The zero-order valence-electron chi connectivity index (χ0n) is 10.2. The first-order valence-electron chi connectivity index (χ1n) is 5.60. The fraction of sp³-hybridized carbons (Fsp3) is 0.0714. The average molecular weight is 340 g/mol. The van der Waals surface area contributed by atoms with Crippen LogP contribution in [0.25, 0.3) is 0 Å². The van der Waals surface area contributed by atoms with Crippen molar-refractivity contribution in [1.82, 2.24) is 0 Å². The molecular formula is C14H12BrClN2O. The van der Waals surface area contributed by atoms with E-state index < -0.39 is 0 Å². The number of halogens is 2. The van der Waals surface area contributed by atoms with Gasteiger partial charge in [0.15, 0.2) is 0 Å². The summed E-state index contributed by atoms with van der Waals surface area (Å²) < 4.78 is 0.760. The quantitative estimate of drug-likeness (QED) is 0.804. The summed E-state index contributed by atoms with van der Waals surface area (Å²) in [6.45, 7) is 1.92. The molecule has 0 bridgehead atoms. The lowest BCUT2D eigenvalue weighted by molar-refractivity contribution is 0.102. The molecule has 0 aliphatic heterocycles. The predicted molar refractivity (Wildman–Crippen MR) is 82.7 cm³/mol. The van der Waals surface area contributed by atoms with Crippen LogP contribution in [0.4, 0.5) is 11.4 Å². The normalized spacial score (nSPS) is 10.3. The second-order valence-electron chi connectivity index (χ2n) is 4.17. The predicted octanol–water partition coefficient (Wildman–Crippen LogP) is 4.25. The van der Waals surface area contributed by atoms with Gasteiger partial charge in [0.1, 0.15) is 0 Å². The Bertz CT molecular complexity index is 643. The van der Waals surface area contributed by atoms with Gasteiger partial charge in [0.05, 0.1) is 11.3 Å². The Morgan fingerprint density at radius 2 is 2.00 bits per heavy atom. The third kappa shape index (κ3) is 3.28. The molecule has 0 aliphatic carbocycles. The maximum absolute atomic E-state index is 12.2. The van der Waals surface area contributed by atoms with E-state index in [1.807, 2.05) is 13.0 Å². The van der Waals surface area contributed by atoms with Crippen LogP contribution in [0.3, 0.4) is 0 Å². The molecule has 3 N–H and O–H groups in total. The van der Waals surface area contributed by atoms with Crippen LogP contribution in [0.2, 0.25) is 5.02 Å². The molecule has 0 heterocycles. The number of hydrogen-bond donors (Lipinski definition) is 2. The highest BCUT2D eigenvalue weighted by atomic mass is 79.9. The Morgan fingerprint density at radius 3 is 2.68 bits per heavy atom. The van der Waals surface area contributed by atoms with Crippen molar-refractivity contribution in [2.75, 3.05) is 11.1 Å². The van der Waals surface area contributed by atoms with E-state index in [4.69, 9.17) is 17.3 Å². The Hall–Kier alpha value is -1.52. The van der Waals surface area contributed by atoms with Gasteiger partial charge in [-0.25, -0.2) is 0 Å². The van der Waals surface area contributed by atoms with Crippen molar-refractivity contribution in [3.05, 3.63) is 57.0 Å². The Kier molecular flexibility index (Phi) is 4.12. The van der Waals surface area contributed by atoms with Gasteiger partial charge in [-0.3, -0.25) is 4.79 Å². The van der Waals surface area contributed by atoms with E-state index in [2.05, 4.69) is 21.2 Å². The monoisotopic (exact) mass is 338 g/mol. The molecule has 19 heavy (non-hydrogen) atoms. The largest absolute Gasteiger partial charge is 0.398 e. The summed E-state index contributed by atoms with van der Waals surface area (Å²) in [5, 5.41) is 3.33. The highest BCUT2D eigenvalue weighted by Gasteiger charge is 2.11. The zero-order chi connectivity index (χ0) is 14.0. The smallest absolute Gasteiger partial charge is 0.257 e. The lowest BCUT2D eigenvalue weighted by Crippen LogP contribution is -2.14. The number of anilines is 2. The summed E-state index contributed by atoms with van der Waals surface area (Å²) in [4.78, 5) is 12.2. The van der Waals surface area contributed by atoms with Crippen LogP contribution >= 0.6 is 27.5 Å². The summed E-state index contributed by atoms with van der Waals surface area (Å²) in [7, 11) is 0. The standard InChI is InChI=1S/C14H12BrClN2O/c1-8-2-4-10(12(17)6-8)14(19)18-13-7-9(16)3-5-11(13)15/h2-7H,17H2,1H3,(H,18,19). The maximum Gasteiger partial charge on any atom is 0.257 e. The summed E-state index contributed by atoms with van der Waals surface area (Å²) in [6.07, 6.45) is 0. The second-order valence-corrected chi connectivity index (χ2v) is 5.46. The summed E-state index contributed by atoms with van der Waals surface area (Å²) >= 11 is 9.26. The Labute approximate surface area is 124 Å². The van der Waals surface area contributed by atoms with Gasteiger partial charge >= 0.3 is 0 Å². The minimum absolute atomic E-state index is 0.263. The maximum atomic E-state index is 12.2. The minimum atomic E-state index is -0.263. The number of carbonyl (C=O) groups is 1. The van der Waals surface area contributed by atoms with Gasteiger partial charge in [-0.15, -0.1) is 0 Å². The van der Waals surface area contributed by atoms with E-state index in [-0.39, 0.29) is 5.91 Å². The molecule has 5 heteroatoms. The molecule has 0 saturated heterocycles. The van der Waals surface area contributed by atoms with Crippen molar-refractivity contribution in [3.63, 3.8) is 0 Å². The van der Waals surface area contributed by atoms with Crippen molar-refractivity contribution in [2.45, 2.75) is 6.92 Å². The summed E-state index contributed by atoms with van der Waals surface area (Å²) in [6, 6.07) is 10.5. The van der Waals surface area contributed by atoms with Gasteiger partial charge in [0, 0.05) is 15.2 Å². The molecular weight excluding hydrogens is 328 g/mol. The SMILES string of the molecule is Cc1ccc(C(=O)Nc2cc(Cl)ccc2Br)c(N)c1. The number of hydrogen-bond acceptors (Lipinski definition) is 2. The second kappa shape index (κ2) is 5.63. The van der Waals surface area contributed by atoms with Crippen LogP contribution in [0.1, 0.15) is 15.9 Å². The molecule has 0 spiro atoms. The first kappa shape index (κ1) is 13.9. The first-order valence-corrected chi connectivity index (χ1v) is 6.77. The fourth-order valence-corrected chi connectivity index (χ4v) is 2.19. The third-order valence-corrected chi connectivity index (χ3v) is 3.55. The molecule has 98 valence electrons. The van der Waals surface area contributed by atoms with Gasteiger partial charge in [0.25, 0.3) is 5.91 Å². The molecule has 0 saturated carbocycles. The van der Waals surface area contributed by atoms with E-state index in [1.165, 1.54) is 0 Å². The lowest BCUT2D eigenvalue weighted by atomic mass is 10.1. The van der Waals surface area contributed by atoms with E-state index >= 15 is 0 Å². The number of nitrogens with one attached hydrogen (secondary N) is 1. The van der Waals surface area contributed by atoms with Gasteiger partial charge in [-0.1, -0.05) is 17.7 Å². The Balaban J connectivity index is 2.28. The number of nitrogen functional groups attached to an aromatic ring is 1. The first-order chi connectivity index (χ1) is 8.97. The number of aryl methyl sites for hydroxylation is 1. The highest BCUT2D eigenvalue weighted by Crippen LogP contribution is 2.27. The van der Waals surface area contributed by atoms with Crippen molar-refractivity contribution in [2.24, 2.45) is 0 Å². The van der Waals surface area contributed by atoms with Crippen LogP contribution in [-0.4, -0.2) is 5.91 Å². The van der Waals surface area contributed by atoms with E-state index in [0.717, 1.165) is 10.0 Å². The van der Waals surface area contributed by atoms with Crippen LogP contribution in [0, 0.1) is 6.92 Å². The third-order valence-electron chi connectivity index (χ3n) is 2.63. The Morgan fingerprint density at radius 1 is 1.26 bits per heavy atom. The van der Waals surface area contributed by atoms with E-state index in [9.17, 15) is 4.79 Å². The van der Waals surface area contributed by atoms with E-state index in [0.29, 0.717) is 22.0 Å². The summed E-state index contributed by atoms with van der Waals surface area (Å²) in [5.41, 5.74) is 8.36. The van der Waals surface area contributed by atoms with Gasteiger partial charge in [0.2, 0.25) is 0 Å².